The zero-order valence-electron chi connectivity index (χ0n) is 11.4. The molecule has 0 aromatic carbocycles. The van der Waals surface area contributed by atoms with E-state index in [9.17, 15) is 26.3 Å². The van der Waals surface area contributed by atoms with Crippen LogP contribution in [0, 0.1) is 0 Å². The molecule has 146 valence electrons. The lowest BCUT2D eigenvalue weighted by Gasteiger charge is -1.99. The van der Waals surface area contributed by atoms with Crippen molar-refractivity contribution in [1.82, 2.24) is 10.2 Å². The number of aromatic nitrogens is 2. The molecule has 0 saturated heterocycles. The summed E-state index contributed by atoms with van der Waals surface area (Å²) < 4.78 is 73.6. The third-order valence-corrected chi connectivity index (χ3v) is 2.23. The molecule has 0 bridgehead atoms. The first-order chi connectivity index (χ1) is 10.9. The number of thiocarbonyl (C=S) groups is 1. The van der Waals surface area contributed by atoms with E-state index in [-0.39, 0.29) is 19.2 Å². The Hall–Kier alpha value is -1.61. The second-order valence-electron chi connectivity index (χ2n) is 3.16. The normalized spacial score (nSPS) is 9.24. The lowest BCUT2D eigenvalue weighted by atomic mass is 10.4. The molecule has 1 heterocycles. The van der Waals surface area contributed by atoms with Gasteiger partial charge in [-0.05, 0) is 12.2 Å². The van der Waals surface area contributed by atoms with Crippen LogP contribution in [0.25, 0.3) is 0 Å². The van der Waals surface area contributed by atoms with Crippen LogP contribution in [0.15, 0.2) is 17.4 Å². The molecule has 0 aliphatic heterocycles. The van der Waals surface area contributed by atoms with Crippen molar-refractivity contribution in [1.29, 1.82) is 0 Å². The van der Waals surface area contributed by atoms with Crippen LogP contribution in [0.5, 0.6) is 0 Å². The monoisotopic (exact) mass is 432 g/mol. The largest absolute Gasteiger partial charge is 0.471 e. The van der Waals surface area contributed by atoms with E-state index >= 15 is 0 Å². The Labute approximate surface area is 153 Å². The molecule has 0 unspecified atom stereocenters. The van der Waals surface area contributed by atoms with Gasteiger partial charge in [-0.3, -0.25) is 4.79 Å². The number of hydrogen-bond donors (Lipinski definition) is 3. The van der Waals surface area contributed by atoms with Crippen LogP contribution in [-0.4, -0.2) is 27.2 Å². The Morgan fingerprint density at radius 1 is 1.32 bits per heavy atom. The van der Waals surface area contributed by atoms with Gasteiger partial charge in [0.1, 0.15) is 5.51 Å². The minimum Gasteiger partial charge on any atom is -0.471 e. The molecule has 0 radical (unpaired) electrons. The van der Waals surface area contributed by atoms with Crippen LogP contribution in [0.3, 0.4) is 0 Å². The number of hydrogen-bond acceptors (Lipinski definition) is 6. The van der Waals surface area contributed by atoms with Gasteiger partial charge < -0.3 is 16.2 Å². The standard InChI is InChI=1S/C5H6F3NOS.C3HF3N2S.CH3NOS.CH4/c6-3(4(7)8)1-2-10-5(9)11;4-3(5,6)2-8-7-1-9-2;2-1(3)4;/h1-2H2,(H2,9,11);1H;(H3,2,3,4);1H4. The van der Waals surface area contributed by atoms with Crippen molar-refractivity contribution in [2.24, 2.45) is 11.5 Å². The third-order valence-electron chi connectivity index (χ3n) is 1.37. The van der Waals surface area contributed by atoms with Crippen molar-refractivity contribution < 1.29 is 35.9 Å². The molecular formula is C10H14F6N4O2S3. The van der Waals surface area contributed by atoms with E-state index in [2.05, 4.69) is 45.5 Å². The molecule has 0 atom stereocenters. The summed E-state index contributed by atoms with van der Waals surface area (Å²) in [6, 6.07) is 0. The van der Waals surface area contributed by atoms with Gasteiger partial charge in [0.25, 0.3) is 10.4 Å². The van der Waals surface area contributed by atoms with Gasteiger partial charge in [-0.15, -0.1) is 10.2 Å². The molecule has 1 amide bonds. The Morgan fingerprint density at radius 3 is 2.04 bits per heavy atom. The molecule has 25 heavy (non-hydrogen) atoms. The van der Waals surface area contributed by atoms with E-state index in [1.807, 2.05) is 0 Å². The number of amides is 1. The fourth-order valence-electron chi connectivity index (χ4n) is 0.632. The minimum atomic E-state index is -4.33. The summed E-state index contributed by atoms with van der Waals surface area (Å²) in [6.07, 6.45) is -7.18. The fraction of sp³-hybridized carbons (Fsp3) is 0.400. The molecular weight excluding hydrogens is 418 g/mol. The number of alkyl halides is 3. The summed E-state index contributed by atoms with van der Waals surface area (Å²) in [7, 11) is 0. The van der Waals surface area contributed by atoms with Crippen LogP contribution < -0.4 is 11.5 Å². The zero-order valence-corrected chi connectivity index (χ0v) is 13.9. The molecule has 0 aliphatic carbocycles. The molecule has 4 N–H and O–H groups in total. The van der Waals surface area contributed by atoms with Crippen molar-refractivity contribution in [3.8, 4) is 0 Å². The van der Waals surface area contributed by atoms with Gasteiger partial charge in [0, 0.05) is 6.42 Å². The van der Waals surface area contributed by atoms with Gasteiger partial charge in [-0.1, -0.05) is 31.4 Å². The van der Waals surface area contributed by atoms with E-state index < -0.39 is 34.8 Å². The molecule has 0 spiro atoms. The number of nitrogens with zero attached hydrogens (tertiary/aromatic N) is 2. The molecule has 15 heteroatoms. The van der Waals surface area contributed by atoms with Crippen LogP contribution in [0.1, 0.15) is 18.9 Å². The second kappa shape index (κ2) is 14.7. The SMILES string of the molecule is C.FC(F)(F)c1nncs1.NC(=O)S.NC(=S)OCCC(F)=C(F)F. The molecule has 0 fully saturated rings. The topological polar surface area (TPSA) is 104 Å². The number of halogens is 6. The predicted molar refractivity (Wildman–Crippen MR) is 87.9 cm³/mol. The quantitative estimate of drug-likeness (QED) is 0.380. The number of carbonyl (C=O) groups excluding carboxylic acids is 1. The molecule has 1 aromatic rings. The molecule has 1 aromatic heterocycles. The van der Waals surface area contributed by atoms with E-state index in [0.29, 0.717) is 11.3 Å². The number of nitrogens with two attached hydrogens (primary N) is 2. The average Bonchev–Trinajstić information content (AvgIpc) is 2.91. The first kappa shape index (κ1) is 28.2. The highest BCUT2D eigenvalue weighted by molar-refractivity contribution is 7.96. The van der Waals surface area contributed by atoms with E-state index in [1.165, 1.54) is 0 Å². The summed E-state index contributed by atoms with van der Waals surface area (Å²) in [5.41, 5.74) is 10.2. The van der Waals surface area contributed by atoms with Crippen molar-refractivity contribution in [3.63, 3.8) is 0 Å². The summed E-state index contributed by atoms with van der Waals surface area (Å²) in [6.45, 7) is -0.265. The van der Waals surface area contributed by atoms with Gasteiger partial charge in [0.05, 0.1) is 6.61 Å². The molecule has 1 rings (SSSR count). The van der Waals surface area contributed by atoms with Crippen LogP contribution >= 0.6 is 36.2 Å². The first-order valence-corrected chi connectivity index (χ1v) is 7.05. The van der Waals surface area contributed by atoms with Gasteiger partial charge in [-0.2, -0.15) is 22.0 Å². The number of thiol groups is 1. The lowest BCUT2D eigenvalue weighted by molar-refractivity contribution is -0.138. The lowest BCUT2D eigenvalue weighted by Crippen LogP contribution is -2.13. The second-order valence-corrected chi connectivity index (χ2v) is 4.84. The zero-order chi connectivity index (χ0) is 19.3. The highest BCUT2D eigenvalue weighted by atomic mass is 32.1. The van der Waals surface area contributed by atoms with E-state index in [1.54, 1.807) is 0 Å². The van der Waals surface area contributed by atoms with Crippen molar-refractivity contribution in [2.45, 2.75) is 20.0 Å². The van der Waals surface area contributed by atoms with Crippen LogP contribution in [0.2, 0.25) is 0 Å². The van der Waals surface area contributed by atoms with Gasteiger partial charge in [0.15, 0.2) is 5.83 Å². The minimum absolute atomic E-state index is 0. The number of ether oxygens (including phenoxy) is 1. The number of carbonyl (C=O) groups is 1. The maximum Gasteiger partial charge on any atom is 0.445 e. The van der Waals surface area contributed by atoms with Gasteiger partial charge in [0.2, 0.25) is 5.01 Å². The summed E-state index contributed by atoms with van der Waals surface area (Å²) >= 11 is 7.83. The number of rotatable bonds is 3. The Balaban J connectivity index is -0.000000312. The van der Waals surface area contributed by atoms with E-state index in [4.69, 9.17) is 10.5 Å². The number of primary amides is 1. The van der Waals surface area contributed by atoms with Crippen molar-refractivity contribution in [2.75, 3.05) is 6.61 Å². The Bertz CT molecular complexity index is 531. The Morgan fingerprint density at radius 2 is 1.80 bits per heavy atom. The maximum absolute atomic E-state index is 11.9. The maximum atomic E-state index is 11.9. The average molecular weight is 432 g/mol. The molecule has 6 nitrogen and oxygen atoms in total. The summed E-state index contributed by atoms with van der Waals surface area (Å²) in [4.78, 5) is 9.09. The molecule has 0 aliphatic rings. The third kappa shape index (κ3) is 20.3. The van der Waals surface area contributed by atoms with Crippen molar-refractivity contribution in [3.05, 3.63) is 22.4 Å². The fourth-order valence-corrected chi connectivity index (χ4v) is 1.14. The van der Waals surface area contributed by atoms with Crippen molar-refractivity contribution >= 4 is 46.6 Å². The van der Waals surface area contributed by atoms with Gasteiger partial charge in [-0.25, -0.2) is 4.39 Å². The van der Waals surface area contributed by atoms with Gasteiger partial charge >= 0.3 is 12.3 Å². The van der Waals surface area contributed by atoms with Crippen LogP contribution in [0.4, 0.5) is 31.1 Å². The summed E-state index contributed by atoms with van der Waals surface area (Å²) in [5, 5.41) is 4.05. The first-order valence-electron chi connectivity index (χ1n) is 5.31. The van der Waals surface area contributed by atoms with Crippen LogP contribution in [-0.2, 0) is 10.9 Å². The highest BCUT2D eigenvalue weighted by Crippen LogP contribution is 2.29. The molecule has 0 saturated carbocycles. The predicted octanol–water partition coefficient (Wildman–Crippen LogP) is 3.90. The summed E-state index contributed by atoms with van der Waals surface area (Å²) in [5.74, 6) is -1.50. The van der Waals surface area contributed by atoms with E-state index in [0.717, 1.165) is 5.51 Å². The Kier molecular flexibility index (Phi) is 16.6. The highest BCUT2D eigenvalue weighted by Gasteiger charge is 2.34. The smallest absolute Gasteiger partial charge is 0.445 e.